The van der Waals surface area contributed by atoms with Gasteiger partial charge in [-0.25, -0.2) is 0 Å². The third-order valence-electron chi connectivity index (χ3n) is 18.9. The van der Waals surface area contributed by atoms with Crippen LogP contribution in [0, 0.1) is 0 Å². The second-order valence-corrected chi connectivity index (χ2v) is 24.0. The van der Waals surface area contributed by atoms with Gasteiger partial charge in [-0.05, 0) is 136 Å². The Kier molecular flexibility index (Phi) is 15.6. The Morgan fingerprint density at radius 1 is 0.250 bits per heavy atom. The summed E-state index contributed by atoms with van der Waals surface area (Å²) in [4.78, 5) is 62.8. The Morgan fingerprint density at radius 3 is 0.775 bits per heavy atom. The summed E-state index contributed by atoms with van der Waals surface area (Å²) >= 11 is 0. The minimum absolute atomic E-state index is 0.106. The fraction of sp³-hybridized carbons (Fsp3) is 0.405. The van der Waals surface area contributed by atoms with Crippen molar-refractivity contribution in [3.63, 3.8) is 0 Å². The molecule has 6 heteroatoms. The van der Waals surface area contributed by atoms with Gasteiger partial charge in [0.1, 0.15) is 0 Å². The molecule has 0 fully saturated rings. The number of imide groups is 2. The molecule has 10 aromatic rings. The minimum Gasteiger partial charge on any atom is -0.271 e. The molecule has 0 radical (unpaired) electrons. The highest BCUT2D eigenvalue weighted by molar-refractivity contribution is 6.41. The van der Waals surface area contributed by atoms with Crippen molar-refractivity contribution in [3.05, 3.63) is 131 Å². The second-order valence-electron chi connectivity index (χ2n) is 24.0. The molecule has 0 bridgehead atoms. The van der Waals surface area contributed by atoms with Gasteiger partial charge < -0.3 is 0 Å². The highest BCUT2D eigenvalue weighted by Gasteiger charge is 2.40. The van der Waals surface area contributed by atoms with Gasteiger partial charge in [0, 0.05) is 45.1 Å². The van der Waals surface area contributed by atoms with Crippen molar-refractivity contribution in [2.45, 2.75) is 194 Å². The third kappa shape index (κ3) is 9.17. The number of hydrogen-bond donors (Lipinski definition) is 0. The Morgan fingerprint density at radius 2 is 0.487 bits per heavy atom. The van der Waals surface area contributed by atoms with Crippen LogP contribution < -0.4 is 0 Å². The molecule has 0 saturated heterocycles. The molecule has 0 saturated carbocycles. The molecule has 2 aliphatic rings. The maximum absolute atomic E-state index is 14.9. The van der Waals surface area contributed by atoms with Crippen molar-refractivity contribution in [3.8, 4) is 11.1 Å². The van der Waals surface area contributed by atoms with Crippen LogP contribution in [0.25, 0.3) is 97.3 Å². The average molecular weight is 1060 g/mol. The molecule has 12 rings (SSSR count). The first kappa shape index (κ1) is 53.7. The van der Waals surface area contributed by atoms with Crippen LogP contribution in [0.2, 0.25) is 0 Å². The second kappa shape index (κ2) is 23.3. The highest BCUT2D eigenvalue weighted by atomic mass is 16.2. The summed E-state index contributed by atoms with van der Waals surface area (Å²) in [6.45, 7) is 8.94. The first-order valence-corrected chi connectivity index (χ1v) is 31.4. The number of nitrogens with zero attached hydrogens (tertiary/aromatic N) is 2. The molecular formula is C74H80N2O4. The van der Waals surface area contributed by atoms with Crippen LogP contribution in [0.1, 0.15) is 223 Å². The molecule has 0 N–H and O–H groups in total. The van der Waals surface area contributed by atoms with Gasteiger partial charge in [-0.1, -0.05) is 241 Å². The van der Waals surface area contributed by atoms with Gasteiger partial charge in [0.05, 0.1) is 0 Å². The molecule has 0 aliphatic carbocycles. The molecule has 6 nitrogen and oxygen atoms in total. The van der Waals surface area contributed by atoms with Gasteiger partial charge in [0.25, 0.3) is 23.6 Å². The van der Waals surface area contributed by atoms with Crippen LogP contribution in [-0.4, -0.2) is 45.5 Å². The van der Waals surface area contributed by atoms with E-state index in [2.05, 4.69) is 113 Å². The monoisotopic (exact) mass is 1060 g/mol. The standard InChI is InChI=1S/C74H80N2O4/c1-5-9-13-17-21-27-47(28-22-18-14-10-6-2)75-71(77)61-43-39-57-53-33-25-31-51-49(35-37-55(65(51)53)59-41-45-63(73(75)79)69(61)67(57)59)50-36-38-56-60-42-46-64-70-62(44-40-58(68(60)70)54-34-26-32-52(50)66(54)56)72(78)76(74(64)80)48(29-23-19-15-11-7-3)30-24-20-16-12-8-4/h25-26,31-48H,5-24,27-30H2,1-4H3. The van der Waals surface area contributed by atoms with E-state index in [1.54, 1.807) is 9.80 Å². The lowest BCUT2D eigenvalue weighted by Crippen LogP contribution is -2.47. The Balaban J connectivity index is 0.922. The maximum atomic E-state index is 14.9. The molecule has 0 unspecified atom stereocenters. The summed E-state index contributed by atoms with van der Waals surface area (Å²) in [5.41, 5.74) is 4.83. The van der Waals surface area contributed by atoms with Crippen molar-refractivity contribution < 1.29 is 19.2 Å². The predicted octanol–water partition coefficient (Wildman–Crippen LogP) is 20.8. The molecule has 4 amide bonds. The van der Waals surface area contributed by atoms with Gasteiger partial charge in [-0.2, -0.15) is 0 Å². The lowest BCUT2D eigenvalue weighted by Gasteiger charge is -2.35. The number of fused-ring (bicyclic) bond motifs is 4. The van der Waals surface area contributed by atoms with Gasteiger partial charge >= 0.3 is 0 Å². The van der Waals surface area contributed by atoms with E-state index in [1.165, 1.54) is 87.8 Å². The lowest BCUT2D eigenvalue weighted by atomic mass is 9.81. The molecule has 0 aromatic heterocycles. The summed E-state index contributed by atoms with van der Waals surface area (Å²) in [6, 6.07) is 38.7. The zero-order valence-electron chi connectivity index (χ0n) is 48.0. The molecule has 2 aliphatic heterocycles. The molecule has 10 aromatic carbocycles. The van der Waals surface area contributed by atoms with Crippen molar-refractivity contribution >= 4 is 110 Å². The number of carbonyl (C=O) groups is 4. The molecule has 2 heterocycles. The van der Waals surface area contributed by atoms with Crippen molar-refractivity contribution in [1.82, 2.24) is 9.80 Å². The van der Waals surface area contributed by atoms with Crippen molar-refractivity contribution in [2.24, 2.45) is 0 Å². The predicted molar refractivity (Wildman–Crippen MR) is 336 cm³/mol. The summed E-state index contributed by atoms with van der Waals surface area (Å²) < 4.78 is 0. The highest BCUT2D eigenvalue weighted by Crippen LogP contribution is 2.50. The Bertz CT molecular complexity index is 3550. The van der Waals surface area contributed by atoms with E-state index in [0.29, 0.717) is 22.3 Å². The zero-order valence-corrected chi connectivity index (χ0v) is 48.0. The Labute approximate surface area is 472 Å². The number of hydrogen-bond acceptors (Lipinski definition) is 4. The molecule has 410 valence electrons. The number of benzene rings is 10. The summed E-state index contributed by atoms with van der Waals surface area (Å²) in [6.07, 6.45) is 26.4. The van der Waals surface area contributed by atoms with E-state index in [4.69, 9.17) is 0 Å². The van der Waals surface area contributed by atoms with Gasteiger partial charge in [-0.3, -0.25) is 29.0 Å². The number of carbonyl (C=O) groups excluding carboxylic acids is 4. The van der Waals surface area contributed by atoms with Crippen LogP contribution >= 0.6 is 0 Å². The average Bonchev–Trinajstić information content (AvgIpc) is 3.58. The normalized spacial score (nSPS) is 14.0. The molecule has 0 atom stereocenters. The van der Waals surface area contributed by atoms with Crippen LogP contribution in [-0.2, 0) is 0 Å². The van der Waals surface area contributed by atoms with E-state index in [0.717, 1.165) is 164 Å². The minimum atomic E-state index is -0.146. The Hall–Kier alpha value is -6.92. The van der Waals surface area contributed by atoms with Crippen LogP contribution in [0.3, 0.4) is 0 Å². The fourth-order valence-corrected chi connectivity index (χ4v) is 14.9. The van der Waals surface area contributed by atoms with E-state index in [1.807, 2.05) is 24.3 Å². The molecule has 0 spiro atoms. The summed E-state index contributed by atoms with van der Waals surface area (Å²) in [5, 5.41) is 16.9. The van der Waals surface area contributed by atoms with Gasteiger partial charge in [0.15, 0.2) is 0 Å². The van der Waals surface area contributed by atoms with E-state index < -0.39 is 0 Å². The quantitative estimate of drug-likeness (QED) is 0.0223. The number of amides is 4. The smallest absolute Gasteiger partial charge is 0.261 e. The number of unbranched alkanes of at least 4 members (excludes halogenated alkanes) is 16. The van der Waals surface area contributed by atoms with Gasteiger partial charge in [0.2, 0.25) is 0 Å². The summed E-state index contributed by atoms with van der Waals surface area (Å²) in [7, 11) is 0. The summed E-state index contributed by atoms with van der Waals surface area (Å²) in [5.74, 6) is -0.582. The fourth-order valence-electron chi connectivity index (χ4n) is 14.9. The van der Waals surface area contributed by atoms with Crippen LogP contribution in [0.5, 0.6) is 0 Å². The topological polar surface area (TPSA) is 74.8 Å². The molecular weight excluding hydrogens is 981 g/mol. The van der Waals surface area contributed by atoms with E-state index in [-0.39, 0.29) is 35.7 Å². The van der Waals surface area contributed by atoms with Gasteiger partial charge in [-0.15, -0.1) is 0 Å². The lowest BCUT2D eigenvalue weighted by molar-refractivity contribution is 0.0501. The SMILES string of the molecule is CCCCCCCC(CCCCCCC)N1C(=O)c2ccc3c4cccc5c(-c6ccc7c8ccc9c%10c(ccc(c%11cccc6c%117)c%108)C(=O)N(C(CCCCCCC)CCCCCCC)C9=O)ccc(c6ccc(c2c36)C1=O)c54. The van der Waals surface area contributed by atoms with Crippen molar-refractivity contribution in [1.29, 1.82) is 0 Å². The zero-order chi connectivity index (χ0) is 55.0. The maximum Gasteiger partial charge on any atom is 0.261 e. The van der Waals surface area contributed by atoms with E-state index in [9.17, 15) is 19.2 Å². The number of rotatable bonds is 27. The van der Waals surface area contributed by atoms with E-state index >= 15 is 0 Å². The van der Waals surface area contributed by atoms with Crippen LogP contribution in [0.4, 0.5) is 0 Å². The first-order chi connectivity index (χ1) is 39.3. The first-order valence-electron chi connectivity index (χ1n) is 31.4. The van der Waals surface area contributed by atoms with Crippen molar-refractivity contribution in [2.75, 3.05) is 0 Å². The largest absolute Gasteiger partial charge is 0.271 e. The third-order valence-corrected chi connectivity index (χ3v) is 18.9. The molecule has 80 heavy (non-hydrogen) atoms. The van der Waals surface area contributed by atoms with Crippen LogP contribution in [0.15, 0.2) is 109 Å².